The van der Waals surface area contributed by atoms with Gasteiger partial charge in [0.2, 0.25) is 11.8 Å². The maximum Gasteiger partial charge on any atom is 0.445 e. The van der Waals surface area contributed by atoms with Gasteiger partial charge >= 0.3 is 6.09 Å². The van der Waals surface area contributed by atoms with Crippen LogP contribution in [0.3, 0.4) is 0 Å². The Labute approximate surface area is 248 Å². The number of benzene rings is 4. The second-order valence-electron chi connectivity index (χ2n) is 10.8. The van der Waals surface area contributed by atoms with Crippen molar-refractivity contribution < 1.29 is 23.6 Å². The van der Waals surface area contributed by atoms with Crippen molar-refractivity contribution in [2.24, 2.45) is 5.90 Å². The molecule has 2 aliphatic heterocycles. The Morgan fingerprint density at radius 3 is 2.37 bits per heavy atom. The first-order chi connectivity index (χ1) is 20.9. The molecule has 4 aromatic carbocycles. The number of carbonyl (C=O) groups is 3. The predicted molar refractivity (Wildman–Crippen MR) is 158 cm³/mol. The molecular weight excluding hydrogens is 549 g/mol. The van der Waals surface area contributed by atoms with Gasteiger partial charge in [-0.2, -0.15) is 10.9 Å². The van der Waals surface area contributed by atoms with Gasteiger partial charge in [0.1, 0.15) is 18.0 Å². The van der Waals surface area contributed by atoms with Crippen LogP contribution >= 0.6 is 0 Å². The van der Waals surface area contributed by atoms with E-state index in [1.54, 1.807) is 22.0 Å². The van der Waals surface area contributed by atoms with E-state index in [0.29, 0.717) is 13.0 Å². The summed E-state index contributed by atoms with van der Waals surface area (Å²) in [7, 11) is 0. The molecule has 10 heteroatoms. The van der Waals surface area contributed by atoms with Crippen LogP contribution in [0.1, 0.15) is 16.7 Å². The third kappa shape index (κ3) is 5.79. The van der Waals surface area contributed by atoms with Gasteiger partial charge in [-0.05, 0) is 46.0 Å². The Kier molecular flexibility index (Phi) is 8.04. The Morgan fingerprint density at radius 1 is 0.884 bits per heavy atom. The second kappa shape index (κ2) is 12.2. The van der Waals surface area contributed by atoms with Crippen molar-refractivity contribution in [1.29, 1.82) is 0 Å². The molecule has 6 rings (SSSR count). The van der Waals surface area contributed by atoms with E-state index in [9.17, 15) is 18.8 Å². The Bertz CT molecular complexity index is 1630. The van der Waals surface area contributed by atoms with Crippen molar-refractivity contribution in [3.63, 3.8) is 0 Å². The quantitative estimate of drug-likeness (QED) is 0.333. The molecule has 0 bridgehead atoms. The molecule has 3 amide bonds. The highest BCUT2D eigenvalue weighted by Crippen LogP contribution is 2.31. The van der Waals surface area contributed by atoms with Gasteiger partial charge in [-0.3, -0.25) is 9.59 Å². The maximum absolute atomic E-state index is 14.2. The van der Waals surface area contributed by atoms with Crippen molar-refractivity contribution in [2.75, 3.05) is 19.6 Å². The number of hydrogen-bond acceptors (Lipinski definition) is 6. The van der Waals surface area contributed by atoms with Crippen LogP contribution in [0.5, 0.6) is 0 Å². The first-order valence-electron chi connectivity index (χ1n) is 14.2. The van der Waals surface area contributed by atoms with Gasteiger partial charge in [-0.1, -0.05) is 84.9 Å². The molecule has 0 saturated carbocycles. The van der Waals surface area contributed by atoms with Gasteiger partial charge in [-0.15, -0.1) is 0 Å². The Morgan fingerprint density at radius 2 is 1.60 bits per heavy atom. The summed E-state index contributed by atoms with van der Waals surface area (Å²) in [5, 5.41) is 5.00. The third-order valence-electron chi connectivity index (χ3n) is 8.20. The number of nitrogens with zero attached hydrogens (tertiary/aromatic N) is 4. The van der Waals surface area contributed by atoms with Gasteiger partial charge in [0.15, 0.2) is 0 Å². The van der Waals surface area contributed by atoms with E-state index < -0.39 is 18.3 Å². The molecule has 2 atom stereocenters. The van der Waals surface area contributed by atoms with Crippen LogP contribution in [0.25, 0.3) is 10.8 Å². The van der Waals surface area contributed by atoms with Gasteiger partial charge in [-0.25, -0.2) is 14.2 Å². The largest absolute Gasteiger partial charge is 0.445 e. The minimum absolute atomic E-state index is 0.0677. The fourth-order valence-electron chi connectivity index (χ4n) is 6.15. The van der Waals surface area contributed by atoms with E-state index >= 15 is 0 Å². The molecule has 0 aliphatic carbocycles. The predicted octanol–water partition coefficient (Wildman–Crippen LogP) is 3.87. The fourth-order valence-corrected chi connectivity index (χ4v) is 6.15. The van der Waals surface area contributed by atoms with E-state index in [-0.39, 0.29) is 43.7 Å². The van der Waals surface area contributed by atoms with Crippen LogP contribution in [0.4, 0.5) is 9.18 Å². The summed E-state index contributed by atoms with van der Waals surface area (Å²) in [4.78, 5) is 49.2. The lowest BCUT2D eigenvalue weighted by atomic mass is 9.94. The smallest absolute Gasteiger partial charge is 0.356 e. The summed E-state index contributed by atoms with van der Waals surface area (Å²) in [6, 6.07) is 28.6. The molecule has 43 heavy (non-hydrogen) atoms. The number of fused-ring (bicyclic) bond motifs is 2. The van der Waals surface area contributed by atoms with Crippen molar-refractivity contribution in [3.8, 4) is 0 Å². The van der Waals surface area contributed by atoms with Gasteiger partial charge in [0.05, 0.1) is 13.1 Å². The number of hydrogen-bond donors (Lipinski definition) is 1. The summed E-state index contributed by atoms with van der Waals surface area (Å²) in [5.74, 6) is 4.60. The molecular formula is C33H32FN5O4. The molecule has 2 heterocycles. The van der Waals surface area contributed by atoms with Gasteiger partial charge < -0.3 is 14.6 Å². The summed E-state index contributed by atoms with van der Waals surface area (Å²) >= 11 is 0. The lowest BCUT2D eigenvalue weighted by Gasteiger charge is -2.54. The zero-order valence-electron chi connectivity index (χ0n) is 23.5. The zero-order valence-corrected chi connectivity index (χ0v) is 23.5. The van der Waals surface area contributed by atoms with E-state index in [2.05, 4.69) is 0 Å². The monoisotopic (exact) mass is 581 g/mol. The van der Waals surface area contributed by atoms with E-state index in [1.807, 2.05) is 72.8 Å². The molecule has 220 valence electrons. The highest BCUT2D eigenvalue weighted by Gasteiger charge is 2.51. The highest BCUT2D eigenvalue weighted by atomic mass is 19.1. The number of nitrogens with two attached hydrogens (primary N) is 1. The van der Waals surface area contributed by atoms with Crippen LogP contribution in [0.15, 0.2) is 97.1 Å². The summed E-state index contributed by atoms with van der Waals surface area (Å²) in [5.41, 5.74) is 2.68. The van der Waals surface area contributed by atoms with Crippen LogP contribution in [0, 0.1) is 5.82 Å². The second-order valence-corrected chi connectivity index (χ2v) is 10.8. The molecule has 0 radical (unpaired) electrons. The van der Waals surface area contributed by atoms with E-state index in [0.717, 1.165) is 27.5 Å². The standard InChI is InChI=1S/C33H32FN5O4/c34-27-15-13-23(14-16-27)17-18-36-21-30-38(29(32(36)41)19-26-11-6-10-25-9-4-5-12-28(25)26)31(40)22-37(39(30)33(42)43-35)20-24-7-2-1-3-8-24/h1-16,29-30H,17-22,35H2. The van der Waals surface area contributed by atoms with E-state index in [1.165, 1.54) is 22.0 Å². The minimum atomic E-state index is -0.864. The topological polar surface area (TPSA) is 99.4 Å². The normalized spacial score (nSPS) is 19.1. The number of hydrazine groups is 1. The average molecular weight is 582 g/mol. The number of rotatable bonds is 7. The van der Waals surface area contributed by atoms with Crippen LogP contribution in [-0.2, 0) is 33.8 Å². The number of amides is 3. The van der Waals surface area contributed by atoms with Crippen LogP contribution in [-0.4, -0.2) is 69.6 Å². The van der Waals surface area contributed by atoms with Crippen molar-refractivity contribution in [3.05, 3.63) is 120 Å². The van der Waals surface area contributed by atoms with Crippen molar-refractivity contribution >= 4 is 28.7 Å². The highest BCUT2D eigenvalue weighted by molar-refractivity contribution is 5.92. The lowest BCUT2D eigenvalue weighted by molar-refractivity contribution is -0.196. The molecule has 4 aromatic rings. The zero-order chi connectivity index (χ0) is 29.9. The Balaban J connectivity index is 1.37. The first-order valence-corrected chi connectivity index (χ1v) is 14.2. The molecule has 2 aliphatic rings. The average Bonchev–Trinajstić information content (AvgIpc) is 3.02. The number of carbonyl (C=O) groups excluding carboxylic acids is 3. The fraction of sp³-hybridized carbons (Fsp3) is 0.242. The summed E-state index contributed by atoms with van der Waals surface area (Å²) < 4.78 is 13.5. The maximum atomic E-state index is 14.2. The van der Waals surface area contributed by atoms with Crippen LogP contribution in [0.2, 0.25) is 0 Å². The molecule has 2 unspecified atom stereocenters. The molecule has 9 nitrogen and oxygen atoms in total. The summed E-state index contributed by atoms with van der Waals surface area (Å²) in [6.07, 6.45) is -0.926. The minimum Gasteiger partial charge on any atom is -0.356 e. The number of piperazine rings is 1. The lowest BCUT2D eigenvalue weighted by Crippen LogP contribution is -2.76. The molecule has 2 fully saturated rings. The molecule has 0 spiro atoms. The Hall–Kier alpha value is -4.80. The first kappa shape index (κ1) is 28.3. The molecule has 2 saturated heterocycles. The van der Waals surface area contributed by atoms with E-state index in [4.69, 9.17) is 10.7 Å². The van der Waals surface area contributed by atoms with Crippen molar-refractivity contribution in [2.45, 2.75) is 31.6 Å². The number of halogens is 1. The summed E-state index contributed by atoms with van der Waals surface area (Å²) in [6.45, 7) is 0.524. The molecule has 0 aromatic heterocycles. The van der Waals surface area contributed by atoms with Gasteiger partial charge in [0, 0.05) is 19.5 Å². The van der Waals surface area contributed by atoms with Gasteiger partial charge in [0.25, 0.3) is 0 Å². The van der Waals surface area contributed by atoms with Crippen LogP contribution < -0.4 is 5.90 Å². The third-order valence-corrected chi connectivity index (χ3v) is 8.20. The van der Waals surface area contributed by atoms with Crippen molar-refractivity contribution in [1.82, 2.24) is 19.8 Å². The molecule has 2 N–H and O–H groups in total. The SMILES string of the molecule is NOC(=O)N1C2CN(CCc3ccc(F)cc3)C(=O)C(Cc3cccc4ccccc34)N2C(=O)CN1Cc1ccccc1.